The van der Waals surface area contributed by atoms with Gasteiger partial charge in [0, 0.05) is 16.9 Å². The Balaban J connectivity index is 1.65. The van der Waals surface area contributed by atoms with Gasteiger partial charge in [-0.25, -0.2) is 0 Å². The molecule has 3 unspecified atom stereocenters. The highest BCUT2D eigenvalue weighted by Gasteiger charge is 2.46. The number of nitrogens with one attached hydrogen (secondary N) is 1. The highest BCUT2D eigenvalue weighted by molar-refractivity contribution is 8.00. The number of hydrogen-bond donors (Lipinski definition) is 3. The Morgan fingerprint density at radius 2 is 2.10 bits per heavy atom. The van der Waals surface area contributed by atoms with Crippen LogP contribution >= 0.6 is 11.8 Å². The van der Waals surface area contributed by atoms with Crippen LogP contribution in [0.25, 0.3) is 0 Å². The van der Waals surface area contributed by atoms with Crippen LogP contribution in [0.2, 0.25) is 0 Å². The first kappa shape index (κ1) is 14.7. The maximum Gasteiger partial charge on any atom is 0.129 e. The Kier molecular flexibility index (Phi) is 4.63. The van der Waals surface area contributed by atoms with E-state index in [-0.39, 0.29) is 11.3 Å². The smallest absolute Gasteiger partial charge is 0.129 e. The van der Waals surface area contributed by atoms with Gasteiger partial charge in [0.15, 0.2) is 0 Å². The van der Waals surface area contributed by atoms with E-state index >= 15 is 0 Å². The van der Waals surface area contributed by atoms with Gasteiger partial charge in [0.1, 0.15) is 6.23 Å². The molecule has 1 saturated heterocycles. The van der Waals surface area contributed by atoms with Crippen molar-refractivity contribution in [2.24, 2.45) is 23.5 Å². The Morgan fingerprint density at radius 3 is 2.90 bits per heavy atom. The zero-order chi connectivity index (χ0) is 14.1. The van der Waals surface area contributed by atoms with E-state index in [9.17, 15) is 5.11 Å². The maximum absolute atomic E-state index is 10.7. The van der Waals surface area contributed by atoms with Crippen molar-refractivity contribution in [1.82, 2.24) is 5.32 Å². The van der Waals surface area contributed by atoms with Gasteiger partial charge < -0.3 is 16.2 Å². The summed E-state index contributed by atoms with van der Waals surface area (Å²) in [5.41, 5.74) is 7.54. The summed E-state index contributed by atoms with van der Waals surface area (Å²) in [6.45, 7) is 2.25. The fourth-order valence-corrected chi connectivity index (χ4v) is 5.97. The second-order valence-corrected chi connectivity index (χ2v) is 8.24. The lowest BCUT2D eigenvalue weighted by Gasteiger charge is -2.33. The molecule has 6 atom stereocenters. The lowest BCUT2D eigenvalue weighted by Crippen LogP contribution is -2.45. The number of nitrogens with two attached hydrogens (primary N) is 1. The van der Waals surface area contributed by atoms with E-state index in [1.165, 1.54) is 44.2 Å². The molecule has 20 heavy (non-hydrogen) atoms. The summed E-state index contributed by atoms with van der Waals surface area (Å²) in [7, 11) is 0. The molecule has 0 aromatic heterocycles. The summed E-state index contributed by atoms with van der Waals surface area (Å²) < 4.78 is 0. The zero-order valence-electron chi connectivity index (χ0n) is 12.4. The molecule has 3 rings (SSSR count). The van der Waals surface area contributed by atoms with Crippen molar-refractivity contribution in [2.45, 2.75) is 68.7 Å². The Hall–Kier alpha value is -0.190. The van der Waals surface area contributed by atoms with Crippen LogP contribution in [0.4, 0.5) is 0 Å². The molecule has 4 N–H and O–H groups in total. The number of aliphatic hydroxyl groups excluding tert-OH is 1. The molecule has 1 heterocycles. The van der Waals surface area contributed by atoms with Crippen LogP contribution in [-0.2, 0) is 0 Å². The summed E-state index contributed by atoms with van der Waals surface area (Å²) in [5.74, 6) is 1.45. The molecule has 4 heteroatoms. The van der Waals surface area contributed by atoms with Crippen LogP contribution in [0.15, 0.2) is 11.8 Å². The van der Waals surface area contributed by atoms with E-state index < -0.39 is 6.23 Å². The quantitative estimate of drug-likeness (QED) is 0.701. The van der Waals surface area contributed by atoms with Crippen molar-refractivity contribution in [2.75, 3.05) is 0 Å². The lowest BCUT2D eigenvalue weighted by molar-refractivity contribution is 0.0476. The van der Waals surface area contributed by atoms with E-state index in [4.69, 9.17) is 5.73 Å². The molecule has 0 aromatic carbocycles. The summed E-state index contributed by atoms with van der Waals surface area (Å²) >= 11 is 1.91. The van der Waals surface area contributed by atoms with Crippen molar-refractivity contribution in [3.63, 3.8) is 0 Å². The molecule has 0 aromatic rings. The highest BCUT2D eigenvalue weighted by atomic mass is 32.2. The molecule has 3 nitrogen and oxygen atoms in total. The monoisotopic (exact) mass is 296 g/mol. The number of aliphatic hydroxyl groups is 1. The molecule has 0 spiro atoms. The van der Waals surface area contributed by atoms with Crippen LogP contribution < -0.4 is 11.1 Å². The molecule has 1 aliphatic heterocycles. The SMILES string of the molecule is C[C@H]1C=C(NC(O)C2C3CCCC[C@@H]3S[C@@H]2N)CCC1. The summed E-state index contributed by atoms with van der Waals surface area (Å²) in [5, 5.41) is 14.8. The van der Waals surface area contributed by atoms with Gasteiger partial charge in [-0.15, -0.1) is 11.8 Å². The van der Waals surface area contributed by atoms with Gasteiger partial charge in [0.25, 0.3) is 0 Å². The maximum atomic E-state index is 10.7. The third kappa shape index (κ3) is 3.02. The fourth-order valence-electron chi connectivity index (χ4n) is 4.22. The second-order valence-electron chi connectivity index (χ2n) is 6.82. The third-order valence-electron chi connectivity index (χ3n) is 5.25. The Labute approximate surface area is 126 Å². The van der Waals surface area contributed by atoms with Crippen molar-refractivity contribution < 1.29 is 5.11 Å². The van der Waals surface area contributed by atoms with Gasteiger partial charge in [0.05, 0.1) is 5.37 Å². The Morgan fingerprint density at radius 1 is 1.30 bits per heavy atom. The number of rotatable bonds is 3. The van der Waals surface area contributed by atoms with Crippen LogP contribution in [-0.4, -0.2) is 22.0 Å². The van der Waals surface area contributed by atoms with Gasteiger partial charge >= 0.3 is 0 Å². The Bertz CT molecular complexity index is 373. The summed E-state index contributed by atoms with van der Waals surface area (Å²) in [6.07, 6.45) is 10.5. The van der Waals surface area contributed by atoms with Crippen LogP contribution in [0.3, 0.4) is 0 Å². The first-order chi connectivity index (χ1) is 9.65. The van der Waals surface area contributed by atoms with Crippen molar-refractivity contribution >= 4 is 11.8 Å². The van der Waals surface area contributed by atoms with Crippen LogP contribution in [0, 0.1) is 17.8 Å². The normalized spacial score (nSPS) is 42.8. The summed E-state index contributed by atoms with van der Waals surface area (Å²) in [6, 6.07) is 0. The van der Waals surface area contributed by atoms with Crippen LogP contribution in [0.1, 0.15) is 51.9 Å². The lowest BCUT2D eigenvalue weighted by atomic mass is 9.79. The van der Waals surface area contributed by atoms with Gasteiger partial charge in [0.2, 0.25) is 0 Å². The van der Waals surface area contributed by atoms with Gasteiger partial charge in [-0.3, -0.25) is 0 Å². The molecule has 1 saturated carbocycles. The predicted octanol–water partition coefficient (Wildman–Crippen LogP) is 2.80. The average molecular weight is 296 g/mol. The molecule has 2 aliphatic carbocycles. The van der Waals surface area contributed by atoms with Crippen molar-refractivity contribution in [3.8, 4) is 0 Å². The standard InChI is InChI=1S/C16H28N2OS/c1-10-5-4-6-11(9-10)18-16(19)14-12-7-2-3-8-13(12)20-15(14)17/h9-10,12-16,18-19H,2-8,17H2,1H3/t10-,12?,13+,14?,15+,16?/m1/s1. The molecule has 2 fully saturated rings. The molecular weight excluding hydrogens is 268 g/mol. The molecule has 0 amide bonds. The zero-order valence-corrected chi connectivity index (χ0v) is 13.2. The first-order valence-corrected chi connectivity index (χ1v) is 9.16. The minimum atomic E-state index is -0.470. The molecule has 114 valence electrons. The molecule has 0 radical (unpaired) electrons. The van der Waals surface area contributed by atoms with E-state index in [0.717, 1.165) is 6.42 Å². The minimum Gasteiger partial charge on any atom is -0.373 e. The van der Waals surface area contributed by atoms with E-state index in [1.807, 2.05) is 11.8 Å². The number of hydrogen-bond acceptors (Lipinski definition) is 4. The second kappa shape index (κ2) is 6.29. The topological polar surface area (TPSA) is 58.3 Å². The largest absolute Gasteiger partial charge is 0.373 e. The van der Waals surface area contributed by atoms with Crippen molar-refractivity contribution in [1.29, 1.82) is 0 Å². The minimum absolute atomic E-state index is 0.0900. The number of thioether (sulfide) groups is 1. The average Bonchev–Trinajstić information content (AvgIpc) is 2.74. The third-order valence-corrected chi connectivity index (χ3v) is 6.81. The van der Waals surface area contributed by atoms with E-state index in [2.05, 4.69) is 18.3 Å². The molecular formula is C16H28N2OS. The number of fused-ring (bicyclic) bond motifs is 1. The first-order valence-electron chi connectivity index (χ1n) is 8.21. The van der Waals surface area contributed by atoms with Crippen molar-refractivity contribution in [3.05, 3.63) is 11.8 Å². The molecule has 3 aliphatic rings. The predicted molar refractivity (Wildman–Crippen MR) is 85.0 cm³/mol. The summed E-state index contributed by atoms with van der Waals surface area (Å²) in [4.78, 5) is 0. The van der Waals surface area contributed by atoms with E-state index in [0.29, 0.717) is 17.1 Å². The fraction of sp³-hybridized carbons (Fsp3) is 0.875. The van der Waals surface area contributed by atoms with E-state index in [1.54, 1.807) is 0 Å². The van der Waals surface area contributed by atoms with Gasteiger partial charge in [-0.05, 0) is 43.9 Å². The highest BCUT2D eigenvalue weighted by Crippen LogP contribution is 2.49. The molecule has 0 bridgehead atoms. The van der Waals surface area contributed by atoms with Crippen LogP contribution in [0.5, 0.6) is 0 Å². The number of allylic oxidation sites excluding steroid dienone is 2. The van der Waals surface area contributed by atoms with Gasteiger partial charge in [-0.2, -0.15) is 0 Å². The van der Waals surface area contributed by atoms with Gasteiger partial charge in [-0.1, -0.05) is 25.8 Å².